The summed E-state index contributed by atoms with van der Waals surface area (Å²) in [6.07, 6.45) is 6.20. The van der Waals surface area contributed by atoms with Gasteiger partial charge in [-0.05, 0) is 12.1 Å². The topological polar surface area (TPSA) is 82.7 Å². The van der Waals surface area contributed by atoms with Crippen LogP contribution < -0.4 is 10.6 Å². The van der Waals surface area contributed by atoms with Crippen molar-refractivity contribution in [3.05, 3.63) is 37.1 Å². The van der Waals surface area contributed by atoms with Gasteiger partial charge in [-0.15, -0.1) is 0 Å². The minimum atomic E-state index is -0.341. The summed E-state index contributed by atoms with van der Waals surface area (Å²) < 4.78 is 0. The normalized spacial score (nSPS) is 9.60. The zero-order valence-corrected chi connectivity index (χ0v) is 7.77. The number of nitrogens with zero attached hydrogens (tertiary/aromatic N) is 2. The van der Waals surface area contributed by atoms with Crippen molar-refractivity contribution in [2.45, 2.75) is 0 Å². The third-order valence-corrected chi connectivity index (χ3v) is 1.67. The van der Waals surface area contributed by atoms with Crippen LogP contribution in [0.2, 0.25) is 0 Å². The summed E-state index contributed by atoms with van der Waals surface area (Å²) in [7, 11) is 0. The first-order valence-electron chi connectivity index (χ1n) is 4.31. The number of pyridine rings is 1. The lowest BCUT2D eigenvalue weighted by molar-refractivity contribution is 0.262. The molecule has 2 rings (SSSR count). The van der Waals surface area contributed by atoms with Crippen molar-refractivity contribution >= 4 is 17.5 Å². The molecule has 0 radical (unpaired) electrons. The number of amides is 2. The molecule has 2 aromatic rings. The first-order valence-corrected chi connectivity index (χ1v) is 4.31. The number of hydrogen-bond acceptors (Lipinski definition) is 3. The highest BCUT2D eigenvalue weighted by Crippen LogP contribution is 2.04. The van der Waals surface area contributed by atoms with Crippen LogP contribution >= 0.6 is 0 Å². The molecule has 0 unspecified atom stereocenters. The van der Waals surface area contributed by atoms with Crippen LogP contribution in [-0.2, 0) is 0 Å². The largest absolute Gasteiger partial charge is 0.331 e. The molecule has 0 saturated carbocycles. The average Bonchev–Trinajstić information content (AvgIpc) is 2.71. The molecule has 0 aliphatic carbocycles. The van der Waals surface area contributed by atoms with Crippen LogP contribution in [-0.4, -0.2) is 21.0 Å². The number of anilines is 2. The second kappa shape index (κ2) is 4.23. The molecular weight excluding hydrogens is 194 g/mol. The van der Waals surface area contributed by atoms with Crippen molar-refractivity contribution in [3.63, 3.8) is 0 Å². The van der Waals surface area contributed by atoms with Gasteiger partial charge in [-0.2, -0.15) is 0 Å². The van der Waals surface area contributed by atoms with Gasteiger partial charge in [0.1, 0.15) is 5.82 Å². The van der Waals surface area contributed by atoms with Gasteiger partial charge in [-0.25, -0.2) is 9.78 Å². The Labute approximate surface area is 85.8 Å². The van der Waals surface area contributed by atoms with Crippen LogP contribution in [0.1, 0.15) is 0 Å². The fraction of sp³-hybridized carbons (Fsp3) is 0. The lowest BCUT2D eigenvalue weighted by atomic mass is 10.4. The predicted octanol–water partition coefficient (Wildman–Crippen LogP) is 1.45. The summed E-state index contributed by atoms with van der Waals surface area (Å²) in [6, 6.07) is 3.15. The van der Waals surface area contributed by atoms with Crippen molar-refractivity contribution in [1.82, 2.24) is 15.0 Å². The van der Waals surface area contributed by atoms with Gasteiger partial charge in [0.2, 0.25) is 0 Å². The number of imidazole rings is 1. The molecule has 2 aromatic heterocycles. The standard InChI is InChI=1S/C9H9N5O/c15-9(14-8-5-11-6-12-8)13-7-2-1-3-10-4-7/h1-6H,(H,11,12)(H2,13,14,15). The molecule has 76 valence electrons. The minimum Gasteiger partial charge on any atom is -0.331 e. The van der Waals surface area contributed by atoms with Crippen LogP contribution in [0.5, 0.6) is 0 Å². The van der Waals surface area contributed by atoms with Crippen molar-refractivity contribution in [2.24, 2.45) is 0 Å². The zero-order valence-electron chi connectivity index (χ0n) is 7.77. The Morgan fingerprint density at radius 2 is 2.20 bits per heavy atom. The monoisotopic (exact) mass is 203 g/mol. The number of carbonyl (C=O) groups excluding carboxylic acids is 1. The third kappa shape index (κ3) is 2.53. The van der Waals surface area contributed by atoms with Gasteiger partial charge < -0.3 is 10.3 Å². The zero-order chi connectivity index (χ0) is 10.5. The van der Waals surface area contributed by atoms with Gasteiger partial charge in [-0.3, -0.25) is 10.3 Å². The molecule has 0 aliphatic heterocycles. The number of nitrogens with one attached hydrogen (secondary N) is 3. The molecule has 2 amide bonds. The van der Waals surface area contributed by atoms with Crippen LogP contribution in [0.25, 0.3) is 0 Å². The number of aromatic amines is 1. The van der Waals surface area contributed by atoms with Crippen LogP contribution in [0, 0.1) is 0 Å². The van der Waals surface area contributed by atoms with E-state index < -0.39 is 0 Å². The third-order valence-electron chi connectivity index (χ3n) is 1.67. The molecule has 0 aromatic carbocycles. The fourth-order valence-electron chi connectivity index (χ4n) is 1.05. The molecule has 2 heterocycles. The maximum atomic E-state index is 11.4. The van der Waals surface area contributed by atoms with Gasteiger partial charge in [-0.1, -0.05) is 0 Å². The van der Waals surface area contributed by atoms with Crippen LogP contribution in [0.4, 0.5) is 16.3 Å². The number of rotatable bonds is 2. The minimum absolute atomic E-state index is 0.341. The van der Waals surface area contributed by atoms with Crippen molar-refractivity contribution in [1.29, 1.82) is 0 Å². The summed E-state index contributed by atoms with van der Waals surface area (Å²) in [5.74, 6) is 0.538. The fourth-order valence-corrected chi connectivity index (χ4v) is 1.05. The Balaban J connectivity index is 1.94. The van der Waals surface area contributed by atoms with Gasteiger partial charge >= 0.3 is 6.03 Å². The SMILES string of the molecule is O=C(Nc1cccnc1)Nc1cnc[nH]1. The van der Waals surface area contributed by atoms with E-state index in [1.165, 1.54) is 12.5 Å². The Hall–Kier alpha value is -2.37. The molecule has 0 fully saturated rings. The maximum Gasteiger partial charge on any atom is 0.324 e. The second-order valence-corrected chi connectivity index (χ2v) is 2.79. The highest BCUT2D eigenvalue weighted by atomic mass is 16.2. The molecule has 0 atom stereocenters. The highest BCUT2D eigenvalue weighted by Gasteiger charge is 2.02. The number of hydrogen-bond donors (Lipinski definition) is 3. The number of H-pyrrole nitrogens is 1. The molecule has 6 heteroatoms. The van der Waals surface area contributed by atoms with Crippen LogP contribution in [0.15, 0.2) is 37.1 Å². The molecule has 0 saturated heterocycles. The number of urea groups is 1. The molecular formula is C9H9N5O. The summed E-state index contributed by atoms with van der Waals surface area (Å²) in [6.45, 7) is 0. The molecule has 6 nitrogen and oxygen atoms in total. The van der Waals surface area contributed by atoms with Crippen molar-refractivity contribution in [2.75, 3.05) is 10.6 Å². The van der Waals surface area contributed by atoms with Crippen molar-refractivity contribution in [3.8, 4) is 0 Å². The Kier molecular flexibility index (Phi) is 2.59. The second-order valence-electron chi connectivity index (χ2n) is 2.79. The van der Waals surface area contributed by atoms with E-state index in [-0.39, 0.29) is 6.03 Å². The molecule has 0 spiro atoms. The van der Waals surface area contributed by atoms with E-state index in [1.54, 1.807) is 24.5 Å². The summed E-state index contributed by atoms with van der Waals surface area (Å²) >= 11 is 0. The van der Waals surface area contributed by atoms with Gasteiger partial charge in [0.15, 0.2) is 0 Å². The smallest absolute Gasteiger partial charge is 0.324 e. The first kappa shape index (κ1) is 9.20. The van der Waals surface area contributed by atoms with E-state index in [4.69, 9.17) is 0 Å². The predicted molar refractivity (Wildman–Crippen MR) is 55.5 cm³/mol. The Bertz CT molecular complexity index is 425. The summed E-state index contributed by atoms with van der Waals surface area (Å²) in [4.78, 5) is 21.8. The molecule has 15 heavy (non-hydrogen) atoms. The van der Waals surface area contributed by atoms with E-state index in [1.807, 2.05) is 0 Å². The van der Waals surface area contributed by atoms with Crippen molar-refractivity contribution < 1.29 is 4.79 Å². The maximum absolute atomic E-state index is 11.4. The molecule has 0 aliphatic rings. The van der Waals surface area contributed by atoms with Crippen LogP contribution in [0.3, 0.4) is 0 Å². The number of carbonyl (C=O) groups is 1. The van der Waals surface area contributed by atoms with E-state index in [0.717, 1.165) is 0 Å². The summed E-state index contributed by atoms with van der Waals surface area (Å²) in [5, 5.41) is 5.19. The average molecular weight is 203 g/mol. The van der Waals surface area contributed by atoms with E-state index in [9.17, 15) is 4.79 Å². The quantitative estimate of drug-likeness (QED) is 0.690. The van der Waals surface area contributed by atoms with E-state index in [2.05, 4.69) is 25.6 Å². The summed E-state index contributed by atoms with van der Waals surface area (Å²) in [5.41, 5.74) is 0.634. The van der Waals surface area contributed by atoms with E-state index in [0.29, 0.717) is 11.5 Å². The molecule has 0 bridgehead atoms. The lowest BCUT2D eigenvalue weighted by Gasteiger charge is -2.04. The highest BCUT2D eigenvalue weighted by molar-refractivity contribution is 5.98. The van der Waals surface area contributed by atoms with E-state index >= 15 is 0 Å². The Morgan fingerprint density at radius 3 is 2.87 bits per heavy atom. The van der Waals surface area contributed by atoms with Gasteiger partial charge in [0.05, 0.1) is 24.4 Å². The lowest BCUT2D eigenvalue weighted by Crippen LogP contribution is -2.19. The van der Waals surface area contributed by atoms with Gasteiger partial charge in [0.25, 0.3) is 0 Å². The number of aromatic nitrogens is 3. The Morgan fingerprint density at radius 1 is 1.27 bits per heavy atom. The van der Waals surface area contributed by atoms with Gasteiger partial charge in [0, 0.05) is 6.20 Å². The first-order chi connectivity index (χ1) is 7.34. The molecule has 3 N–H and O–H groups in total.